The van der Waals surface area contributed by atoms with Crippen molar-refractivity contribution in [3.8, 4) is 22.9 Å². The van der Waals surface area contributed by atoms with Gasteiger partial charge in [0.05, 0.1) is 24.7 Å². The molecule has 0 radical (unpaired) electrons. The third kappa shape index (κ3) is 4.45. The minimum atomic E-state index is -0.441. The zero-order valence-corrected chi connectivity index (χ0v) is 20.2. The Balaban J connectivity index is 1.65. The maximum absolute atomic E-state index is 11.0. The number of aromatic nitrogens is 4. The first-order valence-corrected chi connectivity index (χ1v) is 11.8. The Morgan fingerprint density at radius 3 is 2.34 bits per heavy atom. The molecule has 2 aromatic heterocycles. The first kappa shape index (κ1) is 22.9. The summed E-state index contributed by atoms with van der Waals surface area (Å²) in [7, 11) is 3.14. The van der Waals surface area contributed by atoms with Crippen molar-refractivity contribution in [2.24, 2.45) is 0 Å². The summed E-state index contributed by atoms with van der Waals surface area (Å²) in [6.07, 6.45) is 0. The molecule has 0 amide bonds. The van der Waals surface area contributed by atoms with Crippen molar-refractivity contribution in [3.63, 3.8) is 0 Å². The van der Waals surface area contributed by atoms with Gasteiger partial charge in [-0.15, -0.1) is 5.10 Å². The van der Waals surface area contributed by atoms with Gasteiger partial charge >= 0.3 is 0 Å². The van der Waals surface area contributed by atoms with Crippen LogP contribution in [0, 0.1) is 10.1 Å². The Bertz CT molecular complexity index is 1560. The normalized spacial score (nSPS) is 11.2. The Morgan fingerprint density at radius 1 is 1.00 bits per heavy atom. The molecular weight excluding hydrogens is 490 g/mol. The van der Waals surface area contributed by atoms with Gasteiger partial charge in [0.15, 0.2) is 28.1 Å². The molecule has 0 atom stereocenters. The first-order valence-electron chi connectivity index (χ1n) is 10.4. The van der Waals surface area contributed by atoms with Crippen molar-refractivity contribution < 1.29 is 14.4 Å². The molecule has 0 unspecified atom stereocenters. The summed E-state index contributed by atoms with van der Waals surface area (Å²) in [4.78, 5) is 20.2. The highest BCUT2D eigenvalue weighted by molar-refractivity contribution is 7.98. The molecule has 0 fully saturated rings. The quantitative estimate of drug-likeness (QED) is 0.117. The van der Waals surface area contributed by atoms with E-state index in [1.165, 1.54) is 23.9 Å². The summed E-state index contributed by atoms with van der Waals surface area (Å²) in [5, 5.41) is 17.8. The van der Waals surface area contributed by atoms with E-state index in [2.05, 4.69) is 0 Å². The number of ether oxygens (including phenoxy) is 2. The number of nitro groups is 1. The molecular formula is C24H18ClN5O4S. The fourth-order valence-corrected chi connectivity index (χ4v) is 4.61. The van der Waals surface area contributed by atoms with Crippen LogP contribution >= 0.6 is 23.4 Å². The zero-order chi connectivity index (χ0) is 24.5. The van der Waals surface area contributed by atoms with Crippen LogP contribution < -0.4 is 9.47 Å². The molecule has 0 aliphatic rings. The van der Waals surface area contributed by atoms with E-state index >= 15 is 0 Å². The van der Waals surface area contributed by atoms with E-state index in [1.807, 2.05) is 30.3 Å². The van der Waals surface area contributed by atoms with Gasteiger partial charge in [-0.05, 0) is 35.9 Å². The van der Waals surface area contributed by atoms with Crippen LogP contribution in [-0.4, -0.2) is 38.7 Å². The largest absolute Gasteiger partial charge is 0.493 e. The number of rotatable bonds is 7. The van der Waals surface area contributed by atoms with Crippen LogP contribution in [0.15, 0.2) is 65.8 Å². The topological polar surface area (TPSA) is 105 Å². The van der Waals surface area contributed by atoms with Gasteiger partial charge in [0, 0.05) is 39.9 Å². The van der Waals surface area contributed by atoms with Crippen molar-refractivity contribution in [3.05, 3.63) is 81.4 Å². The lowest BCUT2D eigenvalue weighted by Crippen LogP contribution is -2.00. The van der Waals surface area contributed by atoms with E-state index in [1.54, 1.807) is 36.9 Å². The van der Waals surface area contributed by atoms with Gasteiger partial charge in [0.2, 0.25) is 0 Å². The monoisotopic (exact) mass is 507 g/mol. The average molecular weight is 508 g/mol. The number of halogens is 1. The molecule has 0 saturated carbocycles. The lowest BCUT2D eigenvalue weighted by Gasteiger charge is -2.11. The Labute approximate surface area is 208 Å². The Kier molecular flexibility index (Phi) is 6.14. The maximum atomic E-state index is 11.0. The molecule has 5 aromatic rings. The molecule has 0 N–H and O–H groups in total. The van der Waals surface area contributed by atoms with E-state index in [0.29, 0.717) is 50.0 Å². The molecule has 0 spiro atoms. The van der Waals surface area contributed by atoms with E-state index < -0.39 is 4.92 Å². The molecule has 0 aliphatic carbocycles. The Morgan fingerprint density at radius 2 is 1.69 bits per heavy atom. The second-order valence-electron chi connectivity index (χ2n) is 7.51. The molecule has 0 saturated heterocycles. The second-order valence-corrected chi connectivity index (χ2v) is 8.89. The smallest absolute Gasteiger partial charge is 0.269 e. The van der Waals surface area contributed by atoms with Gasteiger partial charge in [-0.3, -0.25) is 10.1 Å². The SMILES string of the molecule is COc1cc2nc(SCc3ccc(Cl)cc3)n3nc(-c4ccc([N+](=O)[O-])cc4)nc3c2cc1OC. The lowest BCUT2D eigenvalue weighted by molar-refractivity contribution is -0.384. The van der Waals surface area contributed by atoms with E-state index in [9.17, 15) is 10.1 Å². The van der Waals surface area contributed by atoms with Gasteiger partial charge in [0.1, 0.15) is 0 Å². The minimum Gasteiger partial charge on any atom is -0.493 e. The fraction of sp³-hybridized carbons (Fsp3) is 0.125. The van der Waals surface area contributed by atoms with Crippen molar-refractivity contribution in [2.45, 2.75) is 10.9 Å². The first-order chi connectivity index (χ1) is 17.0. The zero-order valence-electron chi connectivity index (χ0n) is 18.6. The summed E-state index contributed by atoms with van der Waals surface area (Å²) in [5.74, 6) is 2.17. The maximum Gasteiger partial charge on any atom is 0.269 e. The molecule has 9 nitrogen and oxygen atoms in total. The van der Waals surface area contributed by atoms with Gasteiger partial charge < -0.3 is 9.47 Å². The van der Waals surface area contributed by atoms with E-state index in [4.69, 9.17) is 36.1 Å². The molecule has 11 heteroatoms. The number of nitrogens with zero attached hydrogens (tertiary/aromatic N) is 5. The second kappa shape index (κ2) is 9.40. The van der Waals surface area contributed by atoms with Gasteiger partial charge in [-0.25, -0.2) is 9.97 Å². The molecule has 2 heterocycles. The number of thioether (sulfide) groups is 1. The van der Waals surface area contributed by atoms with Crippen LogP contribution in [0.25, 0.3) is 27.9 Å². The number of methoxy groups -OCH3 is 2. The molecule has 0 aliphatic heterocycles. The fourth-order valence-electron chi connectivity index (χ4n) is 3.59. The van der Waals surface area contributed by atoms with Crippen LogP contribution in [0.3, 0.4) is 0 Å². The summed E-state index contributed by atoms with van der Waals surface area (Å²) in [6, 6.07) is 17.4. The van der Waals surface area contributed by atoms with Crippen molar-refractivity contribution in [2.75, 3.05) is 14.2 Å². The van der Waals surface area contributed by atoms with E-state index in [0.717, 1.165) is 10.9 Å². The van der Waals surface area contributed by atoms with Crippen LogP contribution in [0.1, 0.15) is 5.56 Å². The summed E-state index contributed by atoms with van der Waals surface area (Å²) in [6.45, 7) is 0. The predicted molar refractivity (Wildman–Crippen MR) is 134 cm³/mol. The standard InChI is InChI=1S/C24H18ClN5O4S/c1-33-20-11-18-19(12-21(20)34-2)26-24(35-13-14-3-7-16(25)8-4-14)29-23(18)27-22(28-29)15-5-9-17(10-6-15)30(31)32/h3-12H,13H2,1-2H3. The Hall–Kier alpha value is -3.89. The summed E-state index contributed by atoms with van der Waals surface area (Å²) in [5.41, 5.74) is 3.00. The highest BCUT2D eigenvalue weighted by Gasteiger charge is 2.18. The van der Waals surface area contributed by atoms with Gasteiger partial charge in [-0.1, -0.05) is 35.5 Å². The number of non-ortho nitro benzene ring substituents is 1. The van der Waals surface area contributed by atoms with E-state index in [-0.39, 0.29) is 5.69 Å². The van der Waals surface area contributed by atoms with Crippen molar-refractivity contribution in [1.29, 1.82) is 0 Å². The van der Waals surface area contributed by atoms with Crippen LogP contribution in [-0.2, 0) is 5.75 Å². The molecule has 3 aromatic carbocycles. The lowest BCUT2D eigenvalue weighted by atomic mass is 10.2. The molecule has 5 rings (SSSR count). The van der Waals surface area contributed by atoms with Crippen molar-refractivity contribution >= 4 is 45.6 Å². The number of hydrogen-bond donors (Lipinski definition) is 0. The van der Waals surface area contributed by atoms with Crippen molar-refractivity contribution in [1.82, 2.24) is 19.6 Å². The molecule has 176 valence electrons. The van der Waals surface area contributed by atoms with Crippen LogP contribution in [0.4, 0.5) is 5.69 Å². The highest BCUT2D eigenvalue weighted by atomic mass is 35.5. The third-order valence-corrected chi connectivity index (χ3v) is 6.62. The average Bonchev–Trinajstić information content (AvgIpc) is 3.33. The number of benzene rings is 3. The predicted octanol–water partition coefficient (Wildman–Crippen LogP) is 5.82. The molecule has 0 bridgehead atoms. The molecule has 35 heavy (non-hydrogen) atoms. The number of nitro benzene ring substituents is 1. The number of fused-ring (bicyclic) bond motifs is 3. The third-order valence-electron chi connectivity index (χ3n) is 5.36. The van der Waals surface area contributed by atoms with Gasteiger partial charge in [0.25, 0.3) is 5.69 Å². The number of hydrogen-bond acceptors (Lipinski definition) is 8. The minimum absolute atomic E-state index is 0.000621. The van der Waals surface area contributed by atoms with Crippen LogP contribution in [0.2, 0.25) is 5.02 Å². The summed E-state index contributed by atoms with van der Waals surface area (Å²) < 4.78 is 12.6. The highest BCUT2D eigenvalue weighted by Crippen LogP contribution is 2.35. The van der Waals surface area contributed by atoms with Crippen LogP contribution in [0.5, 0.6) is 11.5 Å². The summed E-state index contributed by atoms with van der Waals surface area (Å²) >= 11 is 7.52. The van der Waals surface area contributed by atoms with Gasteiger partial charge in [-0.2, -0.15) is 4.52 Å².